The first-order chi connectivity index (χ1) is 21.7. The molecule has 0 unspecified atom stereocenters. The molecule has 3 rings (SSSR count). The number of benzene rings is 3. The van der Waals surface area contributed by atoms with Crippen LogP contribution in [0.5, 0.6) is 0 Å². The van der Waals surface area contributed by atoms with Gasteiger partial charge in [-0.15, -0.1) is 0 Å². The third-order valence-corrected chi connectivity index (χ3v) is 9.70. The molecule has 0 fully saturated rings. The van der Waals surface area contributed by atoms with Gasteiger partial charge in [-0.1, -0.05) is 26.0 Å². The molecule has 0 aromatic heterocycles. The summed E-state index contributed by atoms with van der Waals surface area (Å²) in [7, 11) is -3.47. The lowest BCUT2D eigenvalue weighted by atomic mass is 9.99. The van der Waals surface area contributed by atoms with Gasteiger partial charge >= 0.3 is 0 Å². The Morgan fingerprint density at radius 3 is 2.13 bits per heavy atom. The van der Waals surface area contributed by atoms with Crippen LogP contribution in [0.4, 0.5) is 8.78 Å². The number of nitrogens with zero attached hydrogens (tertiary/aromatic N) is 1. The summed E-state index contributed by atoms with van der Waals surface area (Å²) in [6.45, 7) is 10.4. The number of rotatable bonds is 16. The predicted molar refractivity (Wildman–Crippen MR) is 175 cm³/mol. The van der Waals surface area contributed by atoms with Crippen LogP contribution < -0.4 is 10.6 Å². The minimum Gasteiger partial charge on any atom is -0.390 e. The first-order valence-electron chi connectivity index (χ1n) is 15.6. The van der Waals surface area contributed by atoms with Gasteiger partial charge in [-0.05, 0) is 99.2 Å². The van der Waals surface area contributed by atoms with E-state index in [2.05, 4.69) is 10.6 Å². The molecule has 0 spiro atoms. The van der Waals surface area contributed by atoms with Gasteiger partial charge in [0.25, 0.3) is 11.8 Å². The maximum atomic E-state index is 14.0. The van der Waals surface area contributed by atoms with E-state index in [9.17, 15) is 31.9 Å². The SMILES string of the molecule is CCCN(CCC)C(=O)c1cc(C)cc(C(=O)N[C@@H](Cc2cc(F)cc(F)c2)[C@H](O)CNCc2cccc(S(=O)(=O)C(C)C)c2)c1. The van der Waals surface area contributed by atoms with E-state index in [0.717, 1.165) is 31.0 Å². The minimum absolute atomic E-state index is 0.0234. The molecule has 0 saturated heterocycles. The Kier molecular flexibility index (Phi) is 13.4. The second-order valence-electron chi connectivity index (χ2n) is 11.9. The number of aliphatic hydroxyl groups is 1. The Morgan fingerprint density at radius 2 is 1.52 bits per heavy atom. The van der Waals surface area contributed by atoms with E-state index >= 15 is 0 Å². The highest BCUT2D eigenvalue weighted by atomic mass is 32.2. The van der Waals surface area contributed by atoms with Crippen molar-refractivity contribution in [3.8, 4) is 0 Å². The number of hydrogen-bond acceptors (Lipinski definition) is 6. The van der Waals surface area contributed by atoms with E-state index in [1.807, 2.05) is 13.8 Å². The first kappa shape index (κ1) is 36.8. The Hall–Kier alpha value is -3.67. The van der Waals surface area contributed by atoms with Crippen molar-refractivity contribution in [1.29, 1.82) is 0 Å². The molecule has 0 aliphatic heterocycles. The monoisotopic (exact) mass is 657 g/mol. The Bertz CT molecular complexity index is 1590. The molecule has 0 bridgehead atoms. The molecule has 2 amide bonds. The lowest BCUT2D eigenvalue weighted by molar-refractivity contribution is 0.0755. The lowest BCUT2D eigenvalue weighted by Crippen LogP contribution is -2.48. The largest absolute Gasteiger partial charge is 0.390 e. The van der Waals surface area contributed by atoms with Gasteiger partial charge in [0.2, 0.25) is 0 Å². The van der Waals surface area contributed by atoms with E-state index in [4.69, 9.17) is 0 Å². The van der Waals surface area contributed by atoms with Gasteiger partial charge in [-0.25, -0.2) is 17.2 Å². The Labute approximate surface area is 271 Å². The highest BCUT2D eigenvalue weighted by molar-refractivity contribution is 7.92. The maximum Gasteiger partial charge on any atom is 0.253 e. The third kappa shape index (κ3) is 10.2. The predicted octanol–water partition coefficient (Wildman–Crippen LogP) is 5.21. The maximum absolute atomic E-state index is 14.0. The molecule has 250 valence electrons. The van der Waals surface area contributed by atoms with Crippen molar-refractivity contribution in [2.75, 3.05) is 19.6 Å². The van der Waals surface area contributed by atoms with Crippen molar-refractivity contribution in [3.05, 3.63) is 100 Å². The summed E-state index contributed by atoms with van der Waals surface area (Å²) in [5.41, 5.74) is 2.22. The number of sulfone groups is 1. The number of nitrogens with one attached hydrogen (secondary N) is 2. The standard InChI is InChI=1S/C35H45F2N3O5S/c1-6-11-40(12-7-2)35(43)28-14-24(5)13-27(19-28)34(42)39-32(18-26-15-29(36)20-30(37)16-26)33(41)22-38-21-25-9-8-10-31(17-25)46(44,45)23(3)4/h8-10,13-17,19-20,23,32-33,38,41H,6-7,11-12,18,21-22H2,1-5H3,(H,39,42)/t32-,33+/m0/s1. The van der Waals surface area contributed by atoms with Gasteiger partial charge in [0.05, 0.1) is 22.3 Å². The van der Waals surface area contributed by atoms with E-state index in [1.54, 1.807) is 56.0 Å². The van der Waals surface area contributed by atoms with Gasteiger partial charge in [-0.2, -0.15) is 0 Å². The summed E-state index contributed by atoms with van der Waals surface area (Å²) in [6, 6.07) is 13.5. The fraction of sp³-hybridized carbons (Fsp3) is 0.429. The summed E-state index contributed by atoms with van der Waals surface area (Å²) >= 11 is 0. The van der Waals surface area contributed by atoms with Crippen LogP contribution in [0, 0.1) is 18.6 Å². The minimum atomic E-state index is -3.47. The number of amides is 2. The highest BCUT2D eigenvalue weighted by Gasteiger charge is 2.25. The summed E-state index contributed by atoms with van der Waals surface area (Å²) in [6.07, 6.45) is 0.306. The number of halogens is 2. The number of hydrogen-bond donors (Lipinski definition) is 3. The van der Waals surface area contributed by atoms with Gasteiger partial charge in [-0.3, -0.25) is 9.59 Å². The zero-order chi connectivity index (χ0) is 34.0. The quantitative estimate of drug-likeness (QED) is 0.195. The Morgan fingerprint density at radius 1 is 0.891 bits per heavy atom. The van der Waals surface area contributed by atoms with E-state index < -0.39 is 44.8 Å². The Balaban J connectivity index is 1.82. The second-order valence-corrected chi connectivity index (χ2v) is 14.4. The van der Waals surface area contributed by atoms with E-state index in [0.29, 0.717) is 29.8 Å². The summed E-state index contributed by atoms with van der Waals surface area (Å²) < 4.78 is 53.2. The van der Waals surface area contributed by atoms with Crippen LogP contribution in [0.1, 0.15) is 77.9 Å². The van der Waals surface area contributed by atoms with Crippen LogP contribution in [0.25, 0.3) is 0 Å². The normalized spacial score (nSPS) is 13.0. The van der Waals surface area contributed by atoms with Crippen LogP contribution in [0.15, 0.2) is 65.6 Å². The molecule has 11 heteroatoms. The van der Waals surface area contributed by atoms with Crippen molar-refractivity contribution >= 4 is 21.7 Å². The summed E-state index contributed by atoms with van der Waals surface area (Å²) in [5, 5.41) is 16.5. The molecular weight excluding hydrogens is 612 g/mol. The third-order valence-electron chi connectivity index (χ3n) is 7.55. The zero-order valence-electron chi connectivity index (χ0n) is 27.1. The fourth-order valence-electron chi connectivity index (χ4n) is 5.20. The van der Waals surface area contributed by atoms with Gasteiger partial charge in [0, 0.05) is 43.4 Å². The van der Waals surface area contributed by atoms with Crippen molar-refractivity contribution in [2.24, 2.45) is 0 Å². The number of aryl methyl sites for hydroxylation is 1. The van der Waals surface area contributed by atoms with Crippen LogP contribution in [0.2, 0.25) is 0 Å². The van der Waals surface area contributed by atoms with E-state index in [1.165, 1.54) is 12.1 Å². The molecule has 0 aliphatic carbocycles. The molecule has 3 N–H and O–H groups in total. The average molecular weight is 658 g/mol. The molecule has 0 saturated carbocycles. The first-order valence-corrected chi connectivity index (χ1v) is 17.2. The van der Waals surface area contributed by atoms with Gasteiger partial charge in [0.15, 0.2) is 9.84 Å². The molecule has 0 heterocycles. The molecule has 0 radical (unpaired) electrons. The highest BCUT2D eigenvalue weighted by Crippen LogP contribution is 2.18. The summed E-state index contributed by atoms with van der Waals surface area (Å²) in [5.74, 6) is -2.30. The smallest absolute Gasteiger partial charge is 0.253 e. The van der Waals surface area contributed by atoms with Crippen molar-refractivity contribution in [3.63, 3.8) is 0 Å². The molecule has 46 heavy (non-hydrogen) atoms. The lowest BCUT2D eigenvalue weighted by Gasteiger charge is -2.25. The van der Waals surface area contributed by atoms with Crippen LogP contribution >= 0.6 is 0 Å². The van der Waals surface area contributed by atoms with E-state index in [-0.39, 0.29) is 41.4 Å². The molecule has 8 nitrogen and oxygen atoms in total. The number of carbonyl (C=O) groups excluding carboxylic acids is 2. The van der Waals surface area contributed by atoms with Crippen LogP contribution in [-0.2, 0) is 22.8 Å². The molecule has 0 aliphatic rings. The number of carbonyl (C=O) groups is 2. The molecular formula is C35H45F2N3O5S. The van der Waals surface area contributed by atoms with Gasteiger partial charge < -0.3 is 20.6 Å². The zero-order valence-corrected chi connectivity index (χ0v) is 28.0. The van der Waals surface area contributed by atoms with Crippen LogP contribution in [0.3, 0.4) is 0 Å². The fourth-order valence-corrected chi connectivity index (χ4v) is 6.33. The molecule has 2 atom stereocenters. The number of aliphatic hydroxyl groups excluding tert-OH is 1. The van der Waals surface area contributed by atoms with Crippen LogP contribution in [-0.4, -0.2) is 67.3 Å². The van der Waals surface area contributed by atoms with Gasteiger partial charge in [0.1, 0.15) is 11.6 Å². The average Bonchev–Trinajstić information content (AvgIpc) is 2.99. The second kappa shape index (κ2) is 16.8. The molecule has 3 aromatic carbocycles. The molecule has 3 aromatic rings. The summed E-state index contributed by atoms with van der Waals surface area (Å²) in [4.78, 5) is 28.8. The van der Waals surface area contributed by atoms with Crippen molar-refractivity contribution in [2.45, 2.75) is 82.7 Å². The van der Waals surface area contributed by atoms with Crippen molar-refractivity contribution in [1.82, 2.24) is 15.5 Å². The van der Waals surface area contributed by atoms with Crippen molar-refractivity contribution < 1.29 is 31.9 Å². The topological polar surface area (TPSA) is 116 Å².